The second-order valence-corrected chi connectivity index (χ2v) is 3.10. The predicted octanol–water partition coefficient (Wildman–Crippen LogP) is 1.56. The number of carbonyl (C=O) groups is 2. The Kier molecular flexibility index (Phi) is 2.72. The zero-order valence-corrected chi connectivity index (χ0v) is 8.24. The van der Waals surface area contributed by atoms with Gasteiger partial charge in [0.1, 0.15) is 5.69 Å². The van der Waals surface area contributed by atoms with E-state index in [9.17, 15) is 9.59 Å². The molecule has 0 saturated heterocycles. The van der Waals surface area contributed by atoms with Crippen LogP contribution >= 0.6 is 15.9 Å². The first-order valence-electron chi connectivity index (χ1n) is 3.25. The van der Waals surface area contributed by atoms with E-state index in [2.05, 4.69) is 20.7 Å². The van der Waals surface area contributed by atoms with Crippen molar-refractivity contribution in [3.05, 3.63) is 22.4 Å². The van der Waals surface area contributed by atoms with Crippen LogP contribution in [0.1, 0.15) is 10.5 Å². The average molecular weight is 248 g/mol. The molecule has 5 nitrogen and oxygen atoms in total. The molecule has 0 aromatic carbocycles. The molecular formula is C7H6BrNO4. The Balaban J connectivity index is 3.19. The normalized spacial score (nSPS) is 9.69. The summed E-state index contributed by atoms with van der Waals surface area (Å²) in [5.74, 6) is -0.687. The molecule has 1 heterocycles. The monoisotopic (exact) mass is 247 g/mol. The molecule has 1 rings (SSSR count). The van der Waals surface area contributed by atoms with Gasteiger partial charge in [-0.15, -0.1) is 0 Å². The zero-order chi connectivity index (χ0) is 10.0. The first-order chi connectivity index (χ1) is 6.06. The summed E-state index contributed by atoms with van der Waals surface area (Å²) in [6, 6.07) is 1.37. The molecule has 0 unspecified atom stereocenters. The molecule has 0 saturated carbocycles. The standard InChI is InChI=1S/C7H6BrNO4/c1-13-6(10)5-2-4(8)3-9(5)7(11)12/h2-3H,1H3,(H,11,12). The highest BCUT2D eigenvalue weighted by Gasteiger charge is 2.16. The van der Waals surface area contributed by atoms with Crippen molar-refractivity contribution in [1.29, 1.82) is 0 Å². The maximum atomic E-state index is 11.0. The van der Waals surface area contributed by atoms with Gasteiger partial charge in [0.25, 0.3) is 0 Å². The van der Waals surface area contributed by atoms with Crippen molar-refractivity contribution in [2.45, 2.75) is 0 Å². The second kappa shape index (κ2) is 3.61. The van der Waals surface area contributed by atoms with E-state index in [4.69, 9.17) is 5.11 Å². The highest BCUT2D eigenvalue weighted by molar-refractivity contribution is 9.10. The number of hydrogen-bond donors (Lipinski definition) is 1. The fourth-order valence-corrected chi connectivity index (χ4v) is 1.27. The minimum atomic E-state index is -1.23. The molecule has 1 aromatic heterocycles. The third-order valence-electron chi connectivity index (χ3n) is 1.39. The Morgan fingerprint density at radius 3 is 2.69 bits per heavy atom. The average Bonchev–Trinajstić information content (AvgIpc) is 2.46. The lowest BCUT2D eigenvalue weighted by molar-refractivity contribution is 0.0588. The van der Waals surface area contributed by atoms with Crippen LogP contribution in [-0.2, 0) is 4.74 Å². The lowest BCUT2D eigenvalue weighted by Gasteiger charge is -1.99. The molecule has 0 radical (unpaired) electrons. The van der Waals surface area contributed by atoms with Crippen molar-refractivity contribution in [2.75, 3.05) is 7.11 Å². The Hall–Kier alpha value is -1.30. The van der Waals surface area contributed by atoms with Crippen molar-refractivity contribution < 1.29 is 19.4 Å². The van der Waals surface area contributed by atoms with Crippen LogP contribution in [0.4, 0.5) is 4.79 Å². The van der Waals surface area contributed by atoms with E-state index >= 15 is 0 Å². The Morgan fingerprint density at radius 1 is 1.62 bits per heavy atom. The lowest BCUT2D eigenvalue weighted by atomic mass is 10.4. The Labute approximate surface area is 82.0 Å². The van der Waals surface area contributed by atoms with Crippen molar-refractivity contribution in [3.8, 4) is 0 Å². The van der Waals surface area contributed by atoms with Gasteiger partial charge in [0.2, 0.25) is 0 Å². The first-order valence-corrected chi connectivity index (χ1v) is 4.05. The summed E-state index contributed by atoms with van der Waals surface area (Å²) in [4.78, 5) is 21.6. The molecule has 1 N–H and O–H groups in total. The zero-order valence-electron chi connectivity index (χ0n) is 6.65. The van der Waals surface area contributed by atoms with Gasteiger partial charge in [0.05, 0.1) is 7.11 Å². The van der Waals surface area contributed by atoms with Crippen molar-refractivity contribution >= 4 is 28.0 Å². The largest absolute Gasteiger partial charge is 0.464 e. The summed E-state index contributed by atoms with van der Waals surface area (Å²) >= 11 is 3.06. The molecule has 0 spiro atoms. The predicted molar refractivity (Wildman–Crippen MR) is 46.9 cm³/mol. The molecular weight excluding hydrogens is 242 g/mol. The number of methoxy groups -OCH3 is 1. The second-order valence-electron chi connectivity index (χ2n) is 2.19. The van der Waals surface area contributed by atoms with Crippen LogP contribution in [-0.4, -0.2) is 28.8 Å². The van der Waals surface area contributed by atoms with Gasteiger partial charge in [-0.3, -0.25) is 0 Å². The van der Waals surface area contributed by atoms with Gasteiger partial charge in [0.15, 0.2) is 0 Å². The molecule has 70 valence electrons. The van der Waals surface area contributed by atoms with Gasteiger partial charge in [0, 0.05) is 10.7 Å². The molecule has 6 heteroatoms. The molecule has 13 heavy (non-hydrogen) atoms. The Bertz CT molecular complexity index is 357. The summed E-state index contributed by atoms with van der Waals surface area (Å²) in [6.45, 7) is 0. The van der Waals surface area contributed by atoms with Crippen LogP contribution in [0.2, 0.25) is 0 Å². The van der Waals surface area contributed by atoms with Gasteiger partial charge >= 0.3 is 12.1 Å². The third-order valence-corrected chi connectivity index (χ3v) is 1.82. The van der Waals surface area contributed by atoms with Crippen LogP contribution < -0.4 is 0 Å². The van der Waals surface area contributed by atoms with Gasteiger partial charge < -0.3 is 9.84 Å². The van der Waals surface area contributed by atoms with E-state index in [-0.39, 0.29) is 5.69 Å². The van der Waals surface area contributed by atoms with Gasteiger partial charge in [-0.25, -0.2) is 14.2 Å². The highest BCUT2D eigenvalue weighted by atomic mass is 79.9. The van der Waals surface area contributed by atoms with Crippen LogP contribution in [0.5, 0.6) is 0 Å². The summed E-state index contributed by atoms with van der Waals surface area (Å²) < 4.78 is 5.69. The number of rotatable bonds is 1. The minimum Gasteiger partial charge on any atom is -0.464 e. The molecule has 0 aliphatic carbocycles. The number of carboxylic acid groups (broad SMARTS) is 1. The number of esters is 1. The summed E-state index contributed by atoms with van der Waals surface area (Å²) in [6.07, 6.45) is 0.0419. The fourth-order valence-electron chi connectivity index (χ4n) is 0.850. The van der Waals surface area contributed by atoms with Crippen LogP contribution in [0.15, 0.2) is 16.7 Å². The third kappa shape index (κ3) is 1.89. The van der Waals surface area contributed by atoms with E-state index in [1.54, 1.807) is 0 Å². The van der Waals surface area contributed by atoms with Crippen LogP contribution in [0.25, 0.3) is 0 Å². The quantitative estimate of drug-likeness (QED) is 0.765. The van der Waals surface area contributed by atoms with E-state index in [1.165, 1.54) is 19.4 Å². The molecule has 0 aliphatic rings. The molecule has 1 aromatic rings. The number of ether oxygens (including phenoxy) is 1. The van der Waals surface area contributed by atoms with Gasteiger partial charge in [-0.2, -0.15) is 0 Å². The number of halogens is 1. The molecule has 0 atom stereocenters. The minimum absolute atomic E-state index is 0.0260. The van der Waals surface area contributed by atoms with Crippen molar-refractivity contribution in [3.63, 3.8) is 0 Å². The lowest BCUT2D eigenvalue weighted by Crippen LogP contribution is -2.15. The van der Waals surface area contributed by atoms with E-state index in [0.29, 0.717) is 4.47 Å². The summed E-state index contributed by atoms with van der Waals surface area (Å²) in [5.41, 5.74) is -0.0260. The SMILES string of the molecule is COC(=O)c1cc(Br)cn1C(=O)O. The summed E-state index contributed by atoms with van der Waals surface area (Å²) in [7, 11) is 1.19. The topological polar surface area (TPSA) is 68.5 Å². The maximum Gasteiger partial charge on any atom is 0.416 e. The molecule has 0 bridgehead atoms. The number of hydrogen-bond acceptors (Lipinski definition) is 3. The van der Waals surface area contributed by atoms with Crippen molar-refractivity contribution in [1.82, 2.24) is 4.57 Å². The molecule has 0 fully saturated rings. The Morgan fingerprint density at radius 2 is 2.23 bits per heavy atom. The number of nitrogens with zero attached hydrogens (tertiary/aromatic N) is 1. The summed E-state index contributed by atoms with van der Waals surface area (Å²) in [5, 5.41) is 8.66. The fraction of sp³-hybridized carbons (Fsp3) is 0.143. The van der Waals surface area contributed by atoms with Crippen LogP contribution in [0.3, 0.4) is 0 Å². The molecule has 0 aliphatic heterocycles. The van der Waals surface area contributed by atoms with E-state index in [0.717, 1.165) is 4.57 Å². The first kappa shape index (κ1) is 9.79. The van der Waals surface area contributed by atoms with Gasteiger partial charge in [-0.1, -0.05) is 0 Å². The molecule has 0 amide bonds. The van der Waals surface area contributed by atoms with Crippen LogP contribution in [0, 0.1) is 0 Å². The van der Waals surface area contributed by atoms with Gasteiger partial charge in [-0.05, 0) is 22.0 Å². The number of carbonyl (C=O) groups excluding carboxylic acids is 1. The maximum absolute atomic E-state index is 11.0. The smallest absolute Gasteiger partial charge is 0.416 e. The number of aromatic nitrogens is 1. The van der Waals surface area contributed by atoms with E-state index < -0.39 is 12.1 Å². The van der Waals surface area contributed by atoms with Crippen molar-refractivity contribution in [2.24, 2.45) is 0 Å². The highest BCUT2D eigenvalue weighted by Crippen LogP contribution is 2.15. The van der Waals surface area contributed by atoms with E-state index in [1.807, 2.05) is 0 Å².